The fourth-order valence-electron chi connectivity index (χ4n) is 3.13. The van der Waals surface area contributed by atoms with Crippen molar-refractivity contribution < 1.29 is 9.53 Å². The number of para-hydroxylation sites is 2. The Bertz CT molecular complexity index is 1200. The van der Waals surface area contributed by atoms with Crippen LogP contribution in [0.5, 0.6) is 5.75 Å². The van der Waals surface area contributed by atoms with E-state index in [9.17, 15) is 4.79 Å². The molecule has 0 fully saturated rings. The first-order chi connectivity index (χ1) is 14.5. The second kappa shape index (κ2) is 8.61. The fraction of sp³-hybridized carbons (Fsp3) is 0.0870. The maximum atomic E-state index is 12.6. The van der Waals surface area contributed by atoms with Crippen molar-refractivity contribution in [2.75, 3.05) is 12.4 Å². The number of hydrogen-bond donors (Lipinski definition) is 2. The van der Waals surface area contributed by atoms with Crippen LogP contribution in [0.3, 0.4) is 0 Å². The van der Waals surface area contributed by atoms with Gasteiger partial charge in [-0.05, 0) is 67.2 Å². The van der Waals surface area contributed by atoms with E-state index in [0.717, 1.165) is 32.0 Å². The normalized spacial score (nSPS) is 10.6. The first kappa shape index (κ1) is 20.0. The average Bonchev–Trinajstić information content (AvgIpc) is 3.18. The number of aryl methyl sites for hydroxylation is 1. The summed E-state index contributed by atoms with van der Waals surface area (Å²) in [6.45, 7) is 1.89. The minimum Gasteiger partial charge on any atom is -0.496 e. The molecule has 150 valence electrons. The molecule has 0 radical (unpaired) electrons. The van der Waals surface area contributed by atoms with E-state index >= 15 is 0 Å². The van der Waals surface area contributed by atoms with E-state index in [-0.39, 0.29) is 11.0 Å². The summed E-state index contributed by atoms with van der Waals surface area (Å²) in [6, 6.07) is 21.3. The van der Waals surface area contributed by atoms with Gasteiger partial charge in [0.1, 0.15) is 10.8 Å². The molecule has 3 aromatic carbocycles. The molecule has 1 aromatic heterocycles. The van der Waals surface area contributed by atoms with E-state index in [0.29, 0.717) is 11.3 Å². The summed E-state index contributed by atoms with van der Waals surface area (Å²) >= 11 is 6.95. The van der Waals surface area contributed by atoms with Crippen LogP contribution in [-0.4, -0.2) is 23.1 Å². The topological polar surface area (TPSA) is 63.2 Å². The number of amides is 1. The Morgan fingerprint density at radius 3 is 2.53 bits per heavy atom. The third-order valence-corrected chi connectivity index (χ3v) is 5.86. The van der Waals surface area contributed by atoms with Crippen LogP contribution in [0.2, 0.25) is 0 Å². The summed E-state index contributed by atoms with van der Waals surface area (Å²) in [6.07, 6.45) is 0. The lowest BCUT2D eigenvalue weighted by molar-refractivity contribution is 0.0974. The highest BCUT2D eigenvalue weighted by molar-refractivity contribution is 7.80. The van der Waals surface area contributed by atoms with Crippen LogP contribution >= 0.6 is 23.6 Å². The van der Waals surface area contributed by atoms with Crippen LogP contribution in [0.1, 0.15) is 15.9 Å². The summed E-state index contributed by atoms with van der Waals surface area (Å²) in [7, 11) is 1.54. The van der Waals surface area contributed by atoms with E-state index in [2.05, 4.69) is 21.7 Å². The number of carbonyl (C=O) groups excluding carboxylic acids is 1. The first-order valence-corrected chi connectivity index (χ1v) is 10.5. The highest BCUT2D eigenvalue weighted by atomic mass is 32.1. The van der Waals surface area contributed by atoms with E-state index < -0.39 is 0 Å². The van der Waals surface area contributed by atoms with E-state index in [1.54, 1.807) is 24.5 Å². The van der Waals surface area contributed by atoms with Gasteiger partial charge in [-0.1, -0.05) is 24.3 Å². The Kier molecular flexibility index (Phi) is 5.74. The molecule has 0 unspecified atom stereocenters. The van der Waals surface area contributed by atoms with Crippen LogP contribution in [0.15, 0.2) is 66.7 Å². The van der Waals surface area contributed by atoms with Gasteiger partial charge in [0.2, 0.25) is 0 Å². The number of ether oxygens (including phenoxy) is 1. The zero-order valence-corrected chi connectivity index (χ0v) is 18.1. The Balaban J connectivity index is 1.44. The lowest BCUT2D eigenvalue weighted by atomic mass is 10.1. The van der Waals surface area contributed by atoms with Gasteiger partial charge in [-0.3, -0.25) is 10.1 Å². The molecule has 0 saturated heterocycles. The number of nitrogens with one attached hydrogen (secondary N) is 2. The number of thiazole rings is 1. The lowest BCUT2D eigenvalue weighted by Gasteiger charge is -2.13. The molecule has 0 aliphatic heterocycles. The fourth-order valence-corrected chi connectivity index (χ4v) is 4.31. The molecule has 4 aromatic rings. The van der Waals surface area contributed by atoms with Crippen LogP contribution in [0.25, 0.3) is 20.8 Å². The maximum Gasteiger partial charge on any atom is 0.261 e. The minimum absolute atomic E-state index is 0.219. The zero-order chi connectivity index (χ0) is 21.1. The van der Waals surface area contributed by atoms with Gasteiger partial charge in [-0.2, -0.15) is 0 Å². The second-order valence-electron chi connectivity index (χ2n) is 6.63. The number of methoxy groups -OCH3 is 1. The summed E-state index contributed by atoms with van der Waals surface area (Å²) in [5.41, 5.74) is 4.13. The van der Waals surface area contributed by atoms with Crippen molar-refractivity contribution in [3.05, 3.63) is 77.9 Å². The number of hydrogen-bond acceptors (Lipinski definition) is 5. The van der Waals surface area contributed by atoms with Gasteiger partial charge in [0.25, 0.3) is 5.91 Å². The molecule has 0 bridgehead atoms. The summed E-state index contributed by atoms with van der Waals surface area (Å²) in [4.78, 5) is 17.2. The summed E-state index contributed by atoms with van der Waals surface area (Å²) < 4.78 is 6.50. The van der Waals surface area contributed by atoms with Gasteiger partial charge in [-0.25, -0.2) is 4.98 Å². The van der Waals surface area contributed by atoms with E-state index in [1.165, 1.54) is 0 Å². The van der Waals surface area contributed by atoms with Crippen molar-refractivity contribution in [2.24, 2.45) is 0 Å². The molecule has 1 amide bonds. The van der Waals surface area contributed by atoms with Gasteiger partial charge < -0.3 is 10.1 Å². The van der Waals surface area contributed by atoms with Crippen molar-refractivity contribution in [1.29, 1.82) is 0 Å². The quantitative estimate of drug-likeness (QED) is 0.422. The molecule has 0 spiro atoms. The standard InChI is InChI=1S/C23H19N3O2S2/c1-14-6-5-7-17(20(14)28-2)21(27)26-23(29)24-16-12-10-15(11-13-16)22-25-18-8-3-4-9-19(18)30-22/h3-13H,1-2H3,(H2,24,26,27,29). The number of aromatic nitrogens is 1. The number of nitrogens with zero attached hydrogens (tertiary/aromatic N) is 1. The molecular weight excluding hydrogens is 414 g/mol. The molecule has 4 rings (SSSR count). The molecular formula is C23H19N3O2S2. The summed E-state index contributed by atoms with van der Waals surface area (Å²) in [5, 5.41) is 6.93. The van der Waals surface area contributed by atoms with Gasteiger partial charge in [-0.15, -0.1) is 11.3 Å². The lowest BCUT2D eigenvalue weighted by Crippen LogP contribution is -2.34. The molecule has 2 N–H and O–H groups in total. The van der Waals surface area contributed by atoms with Gasteiger partial charge in [0.15, 0.2) is 5.11 Å². The largest absolute Gasteiger partial charge is 0.496 e. The monoisotopic (exact) mass is 433 g/mol. The number of anilines is 1. The van der Waals surface area contributed by atoms with E-state index in [1.807, 2.05) is 61.5 Å². The minimum atomic E-state index is -0.320. The third-order valence-electron chi connectivity index (χ3n) is 4.57. The molecule has 5 nitrogen and oxygen atoms in total. The number of thiocarbonyl (C=S) groups is 1. The molecule has 7 heteroatoms. The maximum absolute atomic E-state index is 12.6. The Morgan fingerprint density at radius 2 is 1.80 bits per heavy atom. The number of fused-ring (bicyclic) bond motifs is 1. The molecule has 0 atom stereocenters. The van der Waals surface area contributed by atoms with Crippen molar-refractivity contribution >= 4 is 50.5 Å². The van der Waals surface area contributed by atoms with Crippen molar-refractivity contribution in [1.82, 2.24) is 10.3 Å². The smallest absolute Gasteiger partial charge is 0.261 e. The van der Waals surface area contributed by atoms with Crippen LogP contribution < -0.4 is 15.4 Å². The third kappa shape index (κ3) is 4.17. The number of benzene rings is 3. The molecule has 0 saturated carbocycles. The Hall–Kier alpha value is -3.29. The Labute approximate surface area is 183 Å². The highest BCUT2D eigenvalue weighted by Gasteiger charge is 2.15. The first-order valence-electron chi connectivity index (χ1n) is 9.27. The van der Waals surface area contributed by atoms with Crippen LogP contribution in [-0.2, 0) is 0 Å². The predicted octanol–water partition coefficient (Wildman–Crippen LogP) is 5.41. The number of rotatable bonds is 4. The second-order valence-corrected chi connectivity index (χ2v) is 8.07. The SMILES string of the molecule is COc1c(C)cccc1C(=O)NC(=S)Nc1ccc(-c2nc3ccccc3s2)cc1. The van der Waals surface area contributed by atoms with Crippen LogP contribution in [0, 0.1) is 6.92 Å². The van der Waals surface area contributed by atoms with Crippen molar-refractivity contribution in [3.8, 4) is 16.3 Å². The molecule has 0 aliphatic carbocycles. The summed E-state index contributed by atoms with van der Waals surface area (Å²) in [5.74, 6) is 0.220. The molecule has 0 aliphatic rings. The Morgan fingerprint density at radius 1 is 1.03 bits per heavy atom. The predicted molar refractivity (Wildman–Crippen MR) is 126 cm³/mol. The van der Waals surface area contributed by atoms with Crippen molar-refractivity contribution in [2.45, 2.75) is 6.92 Å². The van der Waals surface area contributed by atoms with Gasteiger partial charge in [0.05, 0.1) is 22.9 Å². The highest BCUT2D eigenvalue weighted by Crippen LogP contribution is 2.30. The molecule has 1 heterocycles. The van der Waals surface area contributed by atoms with E-state index in [4.69, 9.17) is 17.0 Å². The van der Waals surface area contributed by atoms with Gasteiger partial charge in [0, 0.05) is 11.3 Å². The number of carbonyl (C=O) groups is 1. The van der Waals surface area contributed by atoms with Gasteiger partial charge >= 0.3 is 0 Å². The van der Waals surface area contributed by atoms with Crippen LogP contribution in [0.4, 0.5) is 5.69 Å². The van der Waals surface area contributed by atoms with Crippen molar-refractivity contribution in [3.63, 3.8) is 0 Å². The molecule has 30 heavy (non-hydrogen) atoms. The zero-order valence-electron chi connectivity index (χ0n) is 16.4. The average molecular weight is 434 g/mol.